The van der Waals surface area contributed by atoms with Crippen LogP contribution < -0.4 is 15.0 Å². The molecule has 1 atom stereocenters. The van der Waals surface area contributed by atoms with Crippen molar-refractivity contribution >= 4 is 17.5 Å². The molecule has 1 fully saturated rings. The molecule has 3 rings (SSSR count). The Kier molecular flexibility index (Phi) is 6.13. The van der Waals surface area contributed by atoms with Gasteiger partial charge in [0.25, 0.3) is 5.91 Å². The number of aliphatic hydroxyl groups is 1. The summed E-state index contributed by atoms with van der Waals surface area (Å²) in [5.41, 5.74) is 0.628. The van der Waals surface area contributed by atoms with Crippen LogP contribution in [0.1, 0.15) is 48.9 Å². The molecule has 1 saturated carbocycles. The average Bonchev–Trinajstić information content (AvgIpc) is 2.68. The van der Waals surface area contributed by atoms with Crippen LogP contribution in [0.25, 0.3) is 0 Å². The Morgan fingerprint density at radius 1 is 1.29 bits per heavy atom. The monoisotopic (exact) mass is 389 g/mol. The minimum absolute atomic E-state index is 0.0724. The lowest BCUT2D eigenvalue weighted by Gasteiger charge is -2.36. The fourth-order valence-corrected chi connectivity index (χ4v) is 3.93. The van der Waals surface area contributed by atoms with Crippen LogP contribution in [0.5, 0.6) is 5.75 Å². The standard InChI is InChI=1S/C21H31N3O4/c1-23(2)20(26)15-7-8-18-17(11-15)24(3)16(13-28-18)12-19(25)22-14-21(27)9-5-4-6-10-21/h7-8,11,16,27H,4-6,9-10,12-14H2,1-3H3,(H,22,25). The number of ether oxygens (including phenoxy) is 1. The highest BCUT2D eigenvalue weighted by atomic mass is 16.5. The van der Waals surface area contributed by atoms with E-state index in [0.29, 0.717) is 24.5 Å². The van der Waals surface area contributed by atoms with E-state index in [9.17, 15) is 14.7 Å². The number of rotatable bonds is 5. The molecule has 1 aromatic rings. The quantitative estimate of drug-likeness (QED) is 0.802. The van der Waals surface area contributed by atoms with E-state index in [1.807, 2.05) is 18.0 Å². The van der Waals surface area contributed by atoms with Gasteiger partial charge in [0.2, 0.25) is 5.91 Å². The van der Waals surface area contributed by atoms with Crippen molar-refractivity contribution in [1.82, 2.24) is 10.2 Å². The Morgan fingerprint density at radius 3 is 2.68 bits per heavy atom. The molecule has 154 valence electrons. The predicted octanol–water partition coefficient (Wildman–Crippen LogP) is 1.79. The Balaban J connectivity index is 1.61. The maximum atomic E-state index is 12.5. The van der Waals surface area contributed by atoms with Crippen LogP contribution in [-0.4, -0.2) is 67.8 Å². The number of likely N-dealkylation sites (N-methyl/N-ethyl adjacent to an activating group) is 1. The number of anilines is 1. The van der Waals surface area contributed by atoms with E-state index in [0.717, 1.165) is 37.8 Å². The molecule has 1 aromatic carbocycles. The van der Waals surface area contributed by atoms with Crippen LogP contribution in [0.2, 0.25) is 0 Å². The zero-order chi connectivity index (χ0) is 20.3. The summed E-state index contributed by atoms with van der Waals surface area (Å²) in [5.74, 6) is 0.547. The predicted molar refractivity (Wildman–Crippen MR) is 108 cm³/mol. The largest absolute Gasteiger partial charge is 0.489 e. The van der Waals surface area contributed by atoms with E-state index in [4.69, 9.17) is 4.74 Å². The second-order valence-corrected chi connectivity index (χ2v) is 8.22. The van der Waals surface area contributed by atoms with E-state index in [2.05, 4.69) is 5.32 Å². The van der Waals surface area contributed by atoms with Gasteiger partial charge in [-0.3, -0.25) is 9.59 Å². The van der Waals surface area contributed by atoms with E-state index in [1.165, 1.54) is 4.90 Å². The van der Waals surface area contributed by atoms with E-state index in [1.54, 1.807) is 26.2 Å². The fourth-order valence-electron chi connectivity index (χ4n) is 3.93. The minimum Gasteiger partial charge on any atom is -0.489 e. The van der Waals surface area contributed by atoms with Gasteiger partial charge in [-0.15, -0.1) is 0 Å². The second-order valence-electron chi connectivity index (χ2n) is 8.22. The zero-order valence-electron chi connectivity index (χ0n) is 17.0. The van der Waals surface area contributed by atoms with Gasteiger partial charge < -0.3 is 25.0 Å². The number of amides is 2. The van der Waals surface area contributed by atoms with E-state index < -0.39 is 5.60 Å². The molecule has 7 nitrogen and oxygen atoms in total. The summed E-state index contributed by atoms with van der Waals surface area (Å²) in [5, 5.41) is 13.4. The number of carbonyl (C=O) groups excluding carboxylic acids is 2. The number of fused-ring (bicyclic) bond motifs is 1. The van der Waals surface area contributed by atoms with Crippen molar-refractivity contribution < 1.29 is 19.4 Å². The second kappa shape index (κ2) is 8.39. The Hall–Kier alpha value is -2.28. The fraction of sp³-hybridized carbons (Fsp3) is 0.619. The van der Waals surface area contributed by atoms with Gasteiger partial charge in [-0.1, -0.05) is 19.3 Å². The highest BCUT2D eigenvalue weighted by molar-refractivity contribution is 5.95. The highest BCUT2D eigenvalue weighted by Crippen LogP contribution is 2.35. The average molecular weight is 389 g/mol. The van der Waals surface area contributed by atoms with Crippen LogP contribution in [-0.2, 0) is 4.79 Å². The molecule has 2 aliphatic rings. The van der Waals surface area contributed by atoms with Crippen molar-refractivity contribution in [3.63, 3.8) is 0 Å². The van der Waals surface area contributed by atoms with Crippen molar-refractivity contribution in [1.29, 1.82) is 0 Å². The molecule has 2 amide bonds. The van der Waals surface area contributed by atoms with Gasteiger partial charge in [-0.25, -0.2) is 0 Å². The smallest absolute Gasteiger partial charge is 0.253 e. The first kappa shape index (κ1) is 20.5. The molecule has 0 aromatic heterocycles. The molecule has 2 N–H and O–H groups in total. The third-order valence-corrected chi connectivity index (χ3v) is 5.79. The lowest BCUT2D eigenvalue weighted by molar-refractivity contribution is -0.123. The number of hydrogen-bond donors (Lipinski definition) is 2. The third kappa shape index (κ3) is 4.58. The number of benzene rings is 1. The van der Waals surface area contributed by atoms with Gasteiger partial charge in [0.05, 0.1) is 23.8 Å². The summed E-state index contributed by atoms with van der Waals surface area (Å²) in [4.78, 5) is 28.2. The molecule has 0 spiro atoms. The van der Waals surface area contributed by atoms with Crippen LogP contribution in [0.4, 0.5) is 5.69 Å². The van der Waals surface area contributed by atoms with Gasteiger partial charge >= 0.3 is 0 Å². The van der Waals surface area contributed by atoms with Crippen LogP contribution >= 0.6 is 0 Å². The summed E-state index contributed by atoms with van der Waals surface area (Å²) in [6, 6.07) is 5.25. The molecule has 0 saturated heterocycles. The van der Waals surface area contributed by atoms with Crippen molar-refractivity contribution in [2.45, 2.75) is 50.2 Å². The van der Waals surface area contributed by atoms with E-state index >= 15 is 0 Å². The van der Waals surface area contributed by atoms with Crippen LogP contribution in [0.15, 0.2) is 18.2 Å². The first-order valence-electron chi connectivity index (χ1n) is 9.99. The molecule has 0 radical (unpaired) electrons. The number of carbonyl (C=O) groups is 2. The van der Waals surface area contributed by atoms with Gasteiger partial charge in [-0.05, 0) is 31.0 Å². The van der Waals surface area contributed by atoms with Crippen molar-refractivity contribution in [3.8, 4) is 5.75 Å². The summed E-state index contributed by atoms with van der Waals surface area (Å²) < 4.78 is 5.82. The van der Waals surface area contributed by atoms with Crippen LogP contribution in [0.3, 0.4) is 0 Å². The lowest BCUT2D eigenvalue weighted by Crippen LogP contribution is -2.47. The van der Waals surface area contributed by atoms with Gasteiger partial charge in [0.1, 0.15) is 12.4 Å². The molecule has 7 heteroatoms. The maximum absolute atomic E-state index is 12.5. The Labute approximate surface area is 166 Å². The van der Waals surface area contributed by atoms with Gasteiger partial charge in [0, 0.05) is 33.3 Å². The van der Waals surface area contributed by atoms with Crippen molar-refractivity contribution in [2.24, 2.45) is 0 Å². The topological polar surface area (TPSA) is 82.1 Å². The summed E-state index contributed by atoms with van der Waals surface area (Å²) >= 11 is 0. The summed E-state index contributed by atoms with van der Waals surface area (Å²) in [6.45, 7) is 0.712. The summed E-state index contributed by atoms with van der Waals surface area (Å²) in [6.07, 6.45) is 4.94. The molecule has 1 aliphatic heterocycles. The first-order valence-corrected chi connectivity index (χ1v) is 9.99. The Morgan fingerprint density at radius 2 is 2.00 bits per heavy atom. The number of nitrogens with zero attached hydrogens (tertiary/aromatic N) is 2. The molecule has 1 unspecified atom stereocenters. The van der Waals surface area contributed by atoms with Crippen molar-refractivity contribution in [3.05, 3.63) is 23.8 Å². The molecule has 28 heavy (non-hydrogen) atoms. The highest BCUT2D eigenvalue weighted by Gasteiger charge is 2.31. The molecular formula is C21H31N3O4. The SMILES string of the molecule is CN(C)C(=O)c1ccc2c(c1)N(C)C(CC(=O)NCC1(O)CCCCC1)CO2. The number of hydrogen-bond acceptors (Lipinski definition) is 5. The first-order chi connectivity index (χ1) is 13.3. The lowest BCUT2D eigenvalue weighted by atomic mass is 9.85. The van der Waals surface area contributed by atoms with Gasteiger partial charge in [0.15, 0.2) is 0 Å². The third-order valence-electron chi connectivity index (χ3n) is 5.79. The normalized spacial score (nSPS) is 20.7. The molecule has 1 heterocycles. The molecule has 1 aliphatic carbocycles. The number of nitrogens with one attached hydrogen (secondary N) is 1. The Bertz CT molecular complexity index is 728. The zero-order valence-corrected chi connectivity index (χ0v) is 17.0. The summed E-state index contributed by atoms with van der Waals surface area (Å²) in [7, 11) is 5.35. The van der Waals surface area contributed by atoms with Crippen molar-refractivity contribution in [2.75, 3.05) is 39.2 Å². The van der Waals surface area contributed by atoms with Gasteiger partial charge in [-0.2, -0.15) is 0 Å². The molecular weight excluding hydrogens is 358 g/mol. The van der Waals surface area contributed by atoms with Crippen LogP contribution in [0, 0.1) is 0 Å². The maximum Gasteiger partial charge on any atom is 0.253 e. The minimum atomic E-state index is -0.767. The van der Waals surface area contributed by atoms with E-state index in [-0.39, 0.29) is 24.3 Å². The molecule has 0 bridgehead atoms.